The fraction of sp³-hybridized carbons (Fsp3) is 0.241. The third-order valence-electron chi connectivity index (χ3n) is 6.10. The second kappa shape index (κ2) is 12.5. The molecular weight excluding hydrogens is 470 g/mol. The van der Waals surface area contributed by atoms with Crippen LogP contribution in [0.25, 0.3) is 0 Å². The van der Waals surface area contributed by atoms with E-state index in [4.69, 9.17) is 4.74 Å². The molecule has 1 aliphatic rings. The van der Waals surface area contributed by atoms with Crippen LogP contribution in [0, 0.1) is 0 Å². The molecule has 4 rings (SSSR count). The van der Waals surface area contributed by atoms with Crippen molar-refractivity contribution in [2.45, 2.75) is 38.1 Å². The fourth-order valence-corrected chi connectivity index (χ4v) is 4.12. The Bertz CT molecular complexity index is 1220. The molecule has 0 radical (unpaired) electrons. The second-order valence-corrected chi connectivity index (χ2v) is 8.92. The Morgan fingerprint density at radius 3 is 2.03 bits per heavy atom. The molecule has 0 saturated carbocycles. The summed E-state index contributed by atoms with van der Waals surface area (Å²) in [6.07, 6.45) is -0.684. The van der Waals surface area contributed by atoms with E-state index in [1.807, 2.05) is 91.0 Å². The number of benzene rings is 3. The lowest BCUT2D eigenvalue weighted by atomic mass is 10.00. The molecule has 8 heteroatoms. The molecule has 0 bridgehead atoms. The van der Waals surface area contributed by atoms with Crippen molar-refractivity contribution < 1.29 is 23.9 Å². The molecule has 3 amide bonds. The molecule has 1 saturated heterocycles. The molecular formula is C29H29N3O5. The standard InChI is InChI=1S/C29H29N3O5/c33-26-19-32(18-22-12-6-2-7-13-22)27(34)17-24(26)30-28(35)25(16-21-10-4-1-5-11-21)31-29(36)37-20-23-14-8-3-9-15-23/h1-15,24-25H,16-20H2,(H,30,35)(H,31,36)/t24?,25-/m0/s1. The number of piperidine rings is 1. The Labute approximate surface area is 215 Å². The number of carbonyl (C=O) groups is 4. The van der Waals surface area contributed by atoms with Crippen molar-refractivity contribution in [3.8, 4) is 0 Å². The van der Waals surface area contributed by atoms with Gasteiger partial charge in [-0.15, -0.1) is 0 Å². The number of nitrogens with one attached hydrogen (secondary N) is 2. The Hall–Kier alpha value is -4.46. The van der Waals surface area contributed by atoms with Gasteiger partial charge >= 0.3 is 6.09 Å². The lowest BCUT2D eigenvalue weighted by Gasteiger charge is -2.32. The van der Waals surface area contributed by atoms with Crippen molar-refractivity contribution in [3.05, 3.63) is 108 Å². The van der Waals surface area contributed by atoms with Gasteiger partial charge in [-0.05, 0) is 16.7 Å². The fourth-order valence-electron chi connectivity index (χ4n) is 4.12. The van der Waals surface area contributed by atoms with Gasteiger partial charge in [-0.2, -0.15) is 0 Å². The van der Waals surface area contributed by atoms with Crippen LogP contribution in [-0.4, -0.2) is 47.2 Å². The zero-order chi connectivity index (χ0) is 26.0. The van der Waals surface area contributed by atoms with E-state index in [1.54, 1.807) is 0 Å². The molecule has 1 heterocycles. The van der Waals surface area contributed by atoms with Gasteiger partial charge in [0.05, 0.1) is 19.0 Å². The second-order valence-electron chi connectivity index (χ2n) is 8.92. The zero-order valence-corrected chi connectivity index (χ0v) is 20.3. The van der Waals surface area contributed by atoms with E-state index in [0.29, 0.717) is 6.54 Å². The van der Waals surface area contributed by atoms with Crippen LogP contribution in [0.3, 0.4) is 0 Å². The molecule has 3 aromatic carbocycles. The van der Waals surface area contributed by atoms with E-state index >= 15 is 0 Å². The minimum absolute atomic E-state index is 0.0548. The maximum Gasteiger partial charge on any atom is 0.408 e. The van der Waals surface area contributed by atoms with Gasteiger partial charge in [0.15, 0.2) is 5.78 Å². The highest BCUT2D eigenvalue weighted by Gasteiger charge is 2.35. The molecule has 190 valence electrons. The summed E-state index contributed by atoms with van der Waals surface area (Å²) in [6.45, 7) is 0.297. The van der Waals surface area contributed by atoms with Gasteiger partial charge in [-0.3, -0.25) is 14.4 Å². The minimum Gasteiger partial charge on any atom is -0.445 e. The average Bonchev–Trinajstić information content (AvgIpc) is 2.91. The van der Waals surface area contributed by atoms with E-state index in [9.17, 15) is 19.2 Å². The van der Waals surface area contributed by atoms with Gasteiger partial charge in [0.1, 0.15) is 12.6 Å². The average molecular weight is 500 g/mol. The van der Waals surface area contributed by atoms with E-state index in [1.165, 1.54) is 4.90 Å². The highest BCUT2D eigenvalue weighted by molar-refractivity contribution is 6.00. The van der Waals surface area contributed by atoms with Crippen molar-refractivity contribution >= 4 is 23.7 Å². The first-order valence-corrected chi connectivity index (χ1v) is 12.1. The Balaban J connectivity index is 1.38. The highest BCUT2D eigenvalue weighted by Crippen LogP contribution is 2.14. The third-order valence-corrected chi connectivity index (χ3v) is 6.10. The van der Waals surface area contributed by atoms with Crippen LogP contribution in [0.4, 0.5) is 4.79 Å². The van der Waals surface area contributed by atoms with Gasteiger partial charge in [0.25, 0.3) is 0 Å². The van der Waals surface area contributed by atoms with Gasteiger partial charge < -0.3 is 20.3 Å². The molecule has 1 fully saturated rings. The third kappa shape index (κ3) is 7.51. The number of Topliss-reactive ketones (excluding diaryl/α,β-unsaturated/α-hetero) is 1. The van der Waals surface area contributed by atoms with Crippen molar-refractivity contribution in [2.75, 3.05) is 6.54 Å². The van der Waals surface area contributed by atoms with E-state index in [-0.39, 0.29) is 37.7 Å². The number of ether oxygens (including phenoxy) is 1. The Morgan fingerprint density at radius 1 is 0.838 bits per heavy atom. The molecule has 0 aliphatic carbocycles. The molecule has 8 nitrogen and oxygen atoms in total. The number of carbonyl (C=O) groups excluding carboxylic acids is 4. The maximum atomic E-state index is 13.2. The summed E-state index contributed by atoms with van der Waals surface area (Å²) in [6, 6.07) is 25.9. The van der Waals surface area contributed by atoms with Crippen molar-refractivity contribution in [1.82, 2.24) is 15.5 Å². The molecule has 0 spiro atoms. The molecule has 2 atom stereocenters. The van der Waals surface area contributed by atoms with Crippen LogP contribution >= 0.6 is 0 Å². The molecule has 2 N–H and O–H groups in total. The summed E-state index contributed by atoms with van der Waals surface area (Å²) >= 11 is 0. The largest absolute Gasteiger partial charge is 0.445 e. The van der Waals surface area contributed by atoms with Crippen molar-refractivity contribution in [1.29, 1.82) is 0 Å². The van der Waals surface area contributed by atoms with Gasteiger partial charge in [-0.1, -0.05) is 91.0 Å². The SMILES string of the molecule is O=C(N[C@@H](Cc1ccccc1)C(=O)NC1CC(=O)N(Cc2ccccc2)CC1=O)OCc1ccccc1. The minimum atomic E-state index is -0.990. The van der Waals surface area contributed by atoms with Crippen LogP contribution in [0.2, 0.25) is 0 Å². The number of ketones is 1. The lowest BCUT2D eigenvalue weighted by Crippen LogP contribution is -2.57. The predicted octanol–water partition coefficient (Wildman–Crippen LogP) is 3.01. The van der Waals surface area contributed by atoms with Crippen molar-refractivity contribution in [2.24, 2.45) is 0 Å². The molecule has 37 heavy (non-hydrogen) atoms. The van der Waals surface area contributed by atoms with Gasteiger partial charge in [0.2, 0.25) is 11.8 Å². The van der Waals surface area contributed by atoms with Crippen LogP contribution < -0.4 is 10.6 Å². The van der Waals surface area contributed by atoms with Crippen LogP contribution in [0.5, 0.6) is 0 Å². The quantitative estimate of drug-likeness (QED) is 0.471. The molecule has 1 aliphatic heterocycles. The van der Waals surface area contributed by atoms with Crippen LogP contribution in [-0.2, 0) is 38.7 Å². The normalized spacial score (nSPS) is 16.1. The first-order valence-electron chi connectivity index (χ1n) is 12.1. The summed E-state index contributed by atoms with van der Waals surface area (Å²) in [5.41, 5.74) is 2.56. The predicted molar refractivity (Wildman–Crippen MR) is 137 cm³/mol. The summed E-state index contributed by atoms with van der Waals surface area (Å²) in [4.78, 5) is 52.7. The number of nitrogens with zero attached hydrogens (tertiary/aromatic N) is 1. The Morgan fingerprint density at radius 2 is 1.41 bits per heavy atom. The number of likely N-dealkylation sites (tertiary alicyclic amines) is 1. The van der Waals surface area contributed by atoms with Crippen LogP contribution in [0.1, 0.15) is 23.1 Å². The summed E-state index contributed by atoms with van der Waals surface area (Å²) < 4.78 is 5.29. The molecule has 3 aromatic rings. The molecule has 1 unspecified atom stereocenters. The summed E-state index contributed by atoms with van der Waals surface area (Å²) in [5, 5.41) is 5.29. The van der Waals surface area contributed by atoms with Gasteiger partial charge in [0, 0.05) is 13.0 Å². The lowest BCUT2D eigenvalue weighted by molar-refractivity contribution is -0.143. The smallest absolute Gasteiger partial charge is 0.408 e. The summed E-state index contributed by atoms with van der Waals surface area (Å²) in [7, 11) is 0. The number of hydrogen-bond acceptors (Lipinski definition) is 5. The highest BCUT2D eigenvalue weighted by atomic mass is 16.5. The summed E-state index contributed by atoms with van der Waals surface area (Å²) in [5.74, 6) is -1.03. The maximum absolute atomic E-state index is 13.2. The number of amides is 3. The molecule has 0 aromatic heterocycles. The first kappa shape index (κ1) is 25.6. The first-order chi connectivity index (χ1) is 18.0. The Kier molecular flexibility index (Phi) is 8.65. The van der Waals surface area contributed by atoms with Gasteiger partial charge in [-0.25, -0.2) is 4.79 Å². The number of rotatable bonds is 9. The number of hydrogen-bond donors (Lipinski definition) is 2. The van der Waals surface area contributed by atoms with E-state index in [0.717, 1.165) is 16.7 Å². The van der Waals surface area contributed by atoms with E-state index < -0.39 is 24.1 Å². The van der Waals surface area contributed by atoms with Crippen LogP contribution in [0.15, 0.2) is 91.0 Å². The monoisotopic (exact) mass is 499 g/mol. The number of alkyl carbamates (subject to hydrolysis) is 1. The van der Waals surface area contributed by atoms with Crippen molar-refractivity contribution in [3.63, 3.8) is 0 Å². The van der Waals surface area contributed by atoms with E-state index in [2.05, 4.69) is 10.6 Å². The zero-order valence-electron chi connectivity index (χ0n) is 20.3. The topological polar surface area (TPSA) is 105 Å².